The molecule has 0 unspecified atom stereocenters. The molecule has 0 spiro atoms. The van der Waals surface area contributed by atoms with E-state index in [0.717, 1.165) is 16.7 Å². The van der Waals surface area contributed by atoms with Crippen molar-refractivity contribution in [2.24, 2.45) is 0 Å². The van der Waals surface area contributed by atoms with Gasteiger partial charge in [-0.1, -0.05) is 18.2 Å². The zero-order valence-corrected chi connectivity index (χ0v) is 27.4. The number of carbonyl (C=O) groups is 2. The van der Waals surface area contributed by atoms with Crippen LogP contribution in [0.1, 0.15) is 99.8 Å². The fourth-order valence-corrected chi connectivity index (χ4v) is 5.14. The number of ether oxygens (including phenoxy) is 2. The normalized spacial score (nSPS) is 13.1. The van der Waals surface area contributed by atoms with E-state index in [1.54, 1.807) is 83.1 Å². The monoisotopic (exact) mass is 586 g/mol. The van der Waals surface area contributed by atoms with Crippen LogP contribution in [0.25, 0.3) is 0 Å². The molecule has 11 heteroatoms. The first-order chi connectivity index (χ1) is 17.9. The predicted octanol–water partition coefficient (Wildman–Crippen LogP) is 7.08. The Morgan fingerprint density at radius 3 is 1.30 bits per heavy atom. The third-order valence-corrected chi connectivity index (χ3v) is 6.42. The molecule has 10 nitrogen and oxygen atoms in total. The summed E-state index contributed by atoms with van der Waals surface area (Å²) in [5.74, 6) is 0. The van der Waals surface area contributed by atoms with Crippen LogP contribution in [0.15, 0.2) is 18.2 Å². The number of rotatable bonds is 11. The highest BCUT2D eigenvalue weighted by molar-refractivity contribution is 7.48. The molecule has 0 fully saturated rings. The van der Waals surface area contributed by atoms with Crippen LogP contribution in [0.3, 0.4) is 0 Å². The van der Waals surface area contributed by atoms with E-state index in [1.807, 2.05) is 18.2 Å². The largest absolute Gasteiger partial charge is 0.476 e. The number of phosphoric ester groups is 1. The van der Waals surface area contributed by atoms with Crippen LogP contribution in [-0.4, -0.2) is 47.7 Å². The minimum atomic E-state index is -3.91. The van der Waals surface area contributed by atoms with Crippen LogP contribution in [0.2, 0.25) is 0 Å². The Hall–Kier alpha value is -2.13. The summed E-state index contributed by atoms with van der Waals surface area (Å²) in [4.78, 5) is 24.1. The van der Waals surface area contributed by atoms with Crippen LogP contribution in [-0.2, 0) is 47.1 Å². The molecule has 0 aliphatic carbocycles. The predicted molar refractivity (Wildman–Crippen MR) is 156 cm³/mol. The molecular formula is C29H51N2O8P. The first-order valence-corrected chi connectivity index (χ1v) is 15.1. The van der Waals surface area contributed by atoms with Crippen molar-refractivity contribution in [2.75, 3.05) is 13.1 Å². The van der Waals surface area contributed by atoms with Gasteiger partial charge in [0.25, 0.3) is 0 Å². The Morgan fingerprint density at radius 1 is 0.625 bits per heavy atom. The van der Waals surface area contributed by atoms with Crippen molar-refractivity contribution in [3.05, 3.63) is 34.9 Å². The molecule has 0 aliphatic rings. The van der Waals surface area contributed by atoms with Gasteiger partial charge < -0.3 is 20.1 Å². The highest BCUT2D eigenvalue weighted by atomic mass is 31.2. The number of hydrogen-bond acceptors (Lipinski definition) is 8. The summed E-state index contributed by atoms with van der Waals surface area (Å²) in [5.41, 5.74) is -0.0948. The zero-order chi connectivity index (χ0) is 31.0. The summed E-state index contributed by atoms with van der Waals surface area (Å²) in [6.45, 7) is 22.2. The fourth-order valence-electron chi connectivity index (χ4n) is 3.35. The molecule has 0 saturated heterocycles. The minimum absolute atomic E-state index is 0.0245. The zero-order valence-electron chi connectivity index (χ0n) is 26.5. The summed E-state index contributed by atoms with van der Waals surface area (Å²) in [7, 11) is -3.91. The second-order valence-electron chi connectivity index (χ2n) is 13.6. The first kappa shape index (κ1) is 35.9. The van der Waals surface area contributed by atoms with Crippen LogP contribution >= 0.6 is 7.82 Å². The maximum atomic E-state index is 13.5. The minimum Gasteiger partial charge on any atom is -0.444 e. The van der Waals surface area contributed by atoms with Gasteiger partial charge in [0.05, 0.1) is 17.8 Å². The number of benzene rings is 1. The number of carbonyl (C=O) groups excluding carboxylic acids is 2. The van der Waals surface area contributed by atoms with E-state index in [9.17, 15) is 14.2 Å². The molecule has 0 radical (unpaired) electrons. The van der Waals surface area contributed by atoms with Gasteiger partial charge in [0.15, 0.2) is 0 Å². The molecular weight excluding hydrogens is 535 g/mol. The molecule has 1 rings (SSSR count). The van der Waals surface area contributed by atoms with Crippen molar-refractivity contribution in [2.45, 2.75) is 125 Å². The Morgan fingerprint density at radius 2 is 0.975 bits per heavy atom. The summed E-state index contributed by atoms with van der Waals surface area (Å²) in [6.07, 6.45) is 0.0596. The highest BCUT2D eigenvalue weighted by Gasteiger charge is 2.37. The van der Waals surface area contributed by atoms with Crippen LogP contribution in [0.4, 0.5) is 9.59 Å². The van der Waals surface area contributed by atoms with E-state index in [0.29, 0.717) is 25.9 Å². The third-order valence-electron chi connectivity index (χ3n) is 4.44. The first-order valence-electron chi connectivity index (χ1n) is 13.7. The lowest BCUT2D eigenvalue weighted by molar-refractivity contribution is 0.000747. The lowest BCUT2D eigenvalue weighted by Gasteiger charge is -2.31. The van der Waals surface area contributed by atoms with E-state index in [-0.39, 0.29) is 6.61 Å². The molecule has 1 aromatic rings. The number of alkyl carbamates (subject to hydrolysis) is 2. The van der Waals surface area contributed by atoms with Crippen molar-refractivity contribution in [1.29, 1.82) is 0 Å². The molecule has 0 saturated carbocycles. The van der Waals surface area contributed by atoms with Gasteiger partial charge in [-0.25, -0.2) is 14.2 Å². The van der Waals surface area contributed by atoms with Crippen molar-refractivity contribution in [3.63, 3.8) is 0 Å². The van der Waals surface area contributed by atoms with Crippen molar-refractivity contribution in [3.8, 4) is 0 Å². The van der Waals surface area contributed by atoms with E-state index < -0.39 is 42.4 Å². The van der Waals surface area contributed by atoms with Gasteiger partial charge in [0.1, 0.15) is 11.2 Å². The van der Waals surface area contributed by atoms with Gasteiger partial charge in [0, 0.05) is 13.1 Å². The van der Waals surface area contributed by atoms with Crippen molar-refractivity contribution >= 4 is 20.0 Å². The van der Waals surface area contributed by atoms with Gasteiger partial charge >= 0.3 is 20.0 Å². The van der Waals surface area contributed by atoms with Gasteiger partial charge in [-0.3, -0.25) is 13.6 Å². The Kier molecular flexibility index (Phi) is 12.7. The molecule has 0 aliphatic heterocycles. The molecule has 230 valence electrons. The van der Waals surface area contributed by atoms with Gasteiger partial charge in [0.2, 0.25) is 0 Å². The quantitative estimate of drug-likeness (QED) is 0.264. The maximum absolute atomic E-state index is 13.5. The standard InChI is InChI=1S/C29H51N2O8P/c1-26(2,3)36-24(32)30-15-13-21-17-22(14-16-31-25(33)37-27(4,5)6)19-23(18-21)20-35-40(34,38-28(7,8)9)39-29(10,11)12/h17-19H,13-16,20H2,1-12H3,(H,30,32)(H,31,33). The maximum Gasteiger partial charge on any atom is 0.476 e. The topological polar surface area (TPSA) is 121 Å². The van der Waals surface area contributed by atoms with Gasteiger partial charge in [-0.05, 0) is 113 Å². The molecule has 1 aromatic carbocycles. The van der Waals surface area contributed by atoms with Crippen LogP contribution in [0, 0.1) is 0 Å². The molecule has 40 heavy (non-hydrogen) atoms. The number of nitrogens with one attached hydrogen (secondary N) is 2. The summed E-state index contributed by atoms with van der Waals surface area (Å²) in [5, 5.41) is 5.53. The average molecular weight is 587 g/mol. The van der Waals surface area contributed by atoms with Gasteiger partial charge in [-0.15, -0.1) is 0 Å². The number of phosphoric acid groups is 1. The number of amides is 2. The second-order valence-corrected chi connectivity index (χ2v) is 15.2. The Balaban J connectivity index is 3.07. The smallest absolute Gasteiger partial charge is 0.444 e. The lowest BCUT2D eigenvalue weighted by atomic mass is 10.0. The van der Waals surface area contributed by atoms with Crippen LogP contribution in [0.5, 0.6) is 0 Å². The highest BCUT2D eigenvalue weighted by Crippen LogP contribution is 2.55. The average Bonchev–Trinajstić information content (AvgIpc) is 2.67. The fraction of sp³-hybridized carbons (Fsp3) is 0.724. The Bertz CT molecular complexity index is 958. The van der Waals surface area contributed by atoms with Gasteiger partial charge in [-0.2, -0.15) is 0 Å². The molecule has 2 amide bonds. The SMILES string of the molecule is CC(C)(C)OC(=O)NCCc1cc(CCNC(=O)OC(C)(C)C)cc(COP(=O)(OC(C)(C)C)OC(C)(C)C)c1. The summed E-state index contributed by atoms with van der Waals surface area (Å²) in [6, 6.07) is 5.83. The van der Waals surface area contributed by atoms with E-state index in [2.05, 4.69) is 10.6 Å². The summed E-state index contributed by atoms with van der Waals surface area (Å²) >= 11 is 0. The molecule has 0 aromatic heterocycles. The van der Waals surface area contributed by atoms with E-state index in [4.69, 9.17) is 23.0 Å². The van der Waals surface area contributed by atoms with Crippen LogP contribution < -0.4 is 10.6 Å². The molecule has 0 atom stereocenters. The lowest BCUT2D eigenvalue weighted by Crippen LogP contribution is -2.33. The summed E-state index contributed by atoms with van der Waals surface area (Å²) < 4.78 is 41.4. The molecule has 0 heterocycles. The van der Waals surface area contributed by atoms with E-state index in [1.165, 1.54) is 0 Å². The van der Waals surface area contributed by atoms with Crippen molar-refractivity contribution in [1.82, 2.24) is 10.6 Å². The van der Waals surface area contributed by atoms with E-state index >= 15 is 0 Å². The molecule has 0 bridgehead atoms. The second kappa shape index (κ2) is 14.2. The number of hydrogen-bond donors (Lipinski definition) is 2. The molecule has 2 N–H and O–H groups in total. The Labute approximate surface area is 240 Å². The third kappa shape index (κ3) is 17.5. The van der Waals surface area contributed by atoms with Crippen molar-refractivity contribution < 1.29 is 37.2 Å².